The van der Waals surface area contributed by atoms with Crippen LogP contribution in [0, 0.1) is 0 Å². The molecule has 2 aliphatic rings. The highest BCUT2D eigenvalue weighted by Crippen LogP contribution is 2.46. The molecule has 9 nitrogen and oxygen atoms in total. The van der Waals surface area contributed by atoms with E-state index in [1.807, 2.05) is 41.7 Å². The van der Waals surface area contributed by atoms with Crippen molar-refractivity contribution in [2.45, 2.75) is 49.8 Å². The van der Waals surface area contributed by atoms with Crippen molar-refractivity contribution in [3.63, 3.8) is 0 Å². The lowest BCUT2D eigenvalue weighted by Gasteiger charge is -2.39. The minimum absolute atomic E-state index is 0.291. The molecule has 4 atom stereocenters. The van der Waals surface area contributed by atoms with Crippen LogP contribution in [-0.4, -0.2) is 70.6 Å². The number of furan rings is 1. The van der Waals surface area contributed by atoms with Crippen molar-refractivity contribution >= 4 is 44.3 Å². The van der Waals surface area contributed by atoms with Crippen LogP contribution in [0.3, 0.4) is 0 Å². The minimum atomic E-state index is -1.82. The number of carboxylic acids is 2. The van der Waals surface area contributed by atoms with Gasteiger partial charge in [-0.3, -0.25) is 4.90 Å². The minimum Gasteiger partial charge on any atom is -0.496 e. The number of benzene rings is 2. The number of hydrogen-bond acceptors (Lipinski definition) is 8. The second-order valence-electron chi connectivity index (χ2n) is 9.93. The second kappa shape index (κ2) is 11.6. The Morgan fingerprint density at radius 3 is 2.41 bits per heavy atom. The molecule has 4 heterocycles. The number of aliphatic hydroxyl groups is 1. The van der Waals surface area contributed by atoms with Crippen molar-refractivity contribution in [2.24, 2.45) is 0 Å². The summed E-state index contributed by atoms with van der Waals surface area (Å²) < 4.78 is 18.3. The summed E-state index contributed by atoms with van der Waals surface area (Å²) in [7, 11) is 1.75. The number of aliphatic hydroxyl groups excluding tert-OH is 1. The molecule has 2 saturated heterocycles. The highest BCUT2D eigenvalue weighted by Gasteiger charge is 2.42. The van der Waals surface area contributed by atoms with E-state index in [0.29, 0.717) is 31.2 Å². The van der Waals surface area contributed by atoms with Crippen LogP contribution in [0.25, 0.3) is 21.1 Å². The maximum Gasteiger partial charge on any atom is 0.414 e. The lowest BCUT2D eigenvalue weighted by atomic mass is 9.89. The molecule has 0 unspecified atom stereocenters. The van der Waals surface area contributed by atoms with Crippen molar-refractivity contribution in [3.8, 4) is 11.5 Å². The quantitative estimate of drug-likeness (QED) is 0.272. The summed E-state index contributed by atoms with van der Waals surface area (Å²) >= 11 is 1.91. The van der Waals surface area contributed by atoms with Crippen LogP contribution in [0.4, 0.5) is 0 Å². The third-order valence-electron chi connectivity index (χ3n) is 7.54. The third-order valence-corrected chi connectivity index (χ3v) is 8.80. The fraction of sp³-hybridized carbons (Fsp3) is 0.379. The van der Waals surface area contributed by atoms with Gasteiger partial charge in [-0.05, 0) is 68.0 Å². The summed E-state index contributed by atoms with van der Waals surface area (Å²) in [6, 6.07) is 17.4. The average molecular weight is 554 g/mol. The van der Waals surface area contributed by atoms with Crippen LogP contribution in [0.5, 0.6) is 11.5 Å². The lowest BCUT2D eigenvalue weighted by molar-refractivity contribution is -0.159. The van der Waals surface area contributed by atoms with Gasteiger partial charge < -0.3 is 29.2 Å². The van der Waals surface area contributed by atoms with Gasteiger partial charge in [0.05, 0.1) is 18.8 Å². The van der Waals surface area contributed by atoms with Gasteiger partial charge in [-0.1, -0.05) is 12.1 Å². The first kappa shape index (κ1) is 27.0. The predicted molar refractivity (Wildman–Crippen MR) is 147 cm³/mol. The van der Waals surface area contributed by atoms with E-state index in [2.05, 4.69) is 23.1 Å². The first-order chi connectivity index (χ1) is 18.8. The number of ether oxygens (including phenoxy) is 2. The lowest BCUT2D eigenvalue weighted by Crippen LogP contribution is -2.47. The standard InChI is InChI=1S/C27H29NO4S.C2H2O4/c1-30-23-4-3-7-26-22(23)14-27(33-26)17-12-18-8-9-19(13-17)28(18)15-20(29)16-32-25-6-2-5-24-21(25)10-11-31-24;3-1(4)2(5)6/h2-7,10-11,14,17-20,29H,8-9,12-13,15-16H2,1H3;(H,3,4)(H,5,6)/t17-,18+,19-,20-;/m0./s1. The van der Waals surface area contributed by atoms with Crippen LogP contribution in [0.2, 0.25) is 0 Å². The average Bonchev–Trinajstić information content (AvgIpc) is 3.63. The van der Waals surface area contributed by atoms with Gasteiger partial charge in [-0.2, -0.15) is 0 Å². The van der Waals surface area contributed by atoms with Gasteiger partial charge in [0.15, 0.2) is 0 Å². The zero-order chi connectivity index (χ0) is 27.5. The fourth-order valence-electron chi connectivity index (χ4n) is 5.81. The fourth-order valence-corrected chi connectivity index (χ4v) is 7.02. The molecule has 6 rings (SSSR count). The number of hydrogen-bond donors (Lipinski definition) is 3. The Balaban J connectivity index is 0.000000465. The molecule has 2 bridgehead atoms. The predicted octanol–water partition coefficient (Wildman–Crippen LogP) is 4.96. The molecule has 2 aromatic carbocycles. The van der Waals surface area contributed by atoms with Crippen LogP contribution in [0.15, 0.2) is 59.2 Å². The van der Waals surface area contributed by atoms with Crippen molar-refractivity contribution in [2.75, 3.05) is 20.3 Å². The summed E-state index contributed by atoms with van der Waals surface area (Å²) in [5.74, 6) is -1.33. The molecule has 2 aromatic heterocycles. The molecule has 0 amide bonds. The number of nitrogens with zero attached hydrogens (tertiary/aromatic N) is 1. The summed E-state index contributed by atoms with van der Waals surface area (Å²) in [6.45, 7) is 0.962. The van der Waals surface area contributed by atoms with Gasteiger partial charge in [0.1, 0.15) is 29.8 Å². The van der Waals surface area contributed by atoms with Gasteiger partial charge in [-0.25, -0.2) is 9.59 Å². The van der Waals surface area contributed by atoms with Gasteiger partial charge in [0, 0.05) is 33.6 Å². The van der Waals surface area contributed by atoms with Gasteiger partial charge in [0.25, 0.3) is 0 Å². The maximum atomic E-state index is 10.8. The first-order valence-electron chi connectivity index (χ1n) is 12.9. The maximum absolute atomic E-state index is 10.8. The van der Waals surface area contributed by atoms with Gasteiger partial charge >= 0.3 is 11.9 Å². The normalized spacial score (nSPS) is 21.3. The van der Waals surface area contributed by atoms with Crippen molar-refractivity contribution in [1.29, 1.82) is 0 Å². The SMILES string of the molecule is COc1cccc2sc([C@H]3C[C@H]4CC[C@@H](C3)N4C[C@H](O)COc3cccc4occc34)cc12.O=C(O)C(=O)O. The first-order valence-corrected chi connectivity index (χ1v) is 13.7. The van der Waals surface area contributed by atoms with Gasteiger partial charge in [0.2, 0.25) is 0 Å². The molecule has 0 radical (unpaired) electrons. The van der Waals surface area contributed by atoms with Crippen LogP contribution < -0.4 is 9.47 Å². The van der Waals surface area contributed by atoms with Crippen molar-refractivity contribution < 1.29 is 38.8 Å². The Morgan fingerprint density at radius 1 is 1.03 bits per heavy atom. The number of fused-ring (bicyclic) bond motifs is 4. The Labute approximate surface area is 229 Å². The van der Waals surface area contributed by atoms with Crippen molar-refractivity contribution in [3.05, 3.63) is 59.7 Å². The molecule has 10 heteroatoms. The van der Waals surface area contributed by atoms with Crippen LogP contribution in [-0.2, 0) is 9.59 Å². The molecule has 2 aliphatic heterocycles. The number of carboxylic acid groups (broad SMARTS) is 2. The number of methoxy groups -OCH3 is 1. The number of carbonyl (C=O) groups is 2. The molecule has 2 fully saturated rings. The molecular weight excluding hydrogens is 522 g/mol. The zero-order valence-electron chi connectivity index (χ0n) is 21.5. The number of rotatable bonds is 7. The highest BCUT2D eigenvalue weighted by atomic mass is 32.1. The molecular formula is C29H31NO8S. The molecule has 4 aromatic rings. The molecule has 3 N–H and O–H groups in total. The van der Waals surface area contributed by atoms with Crippen LogP contribution >= 0.6 is 11.3 Å². The Morgan fingerprint density at radius 2 is 1.72 bits per heavy atom. The number of thiophene rings is 1. The summed E-state index contributed by atoms with van der Waals surface area (Å²) in [5.41, 5.74) is 0.806. The van der Waals surface area contributed by atoms with Crippen molar-refractivity contribution in [1.82, 2.24) is 4.90 Å². The topological polar surface area (TPSA) is 130 Å². The van der Waals surface area contributed by atoms with E-state index in [9.17, 15) is 5.11 Å². The summed E-state index contributed by atoms with van der Waals surface area (Å²) in [5, 5.41) is 27.7. The van der Waals surface area contributed by atoms with E-state index in [1.54, 1.807) is 13.4 Å². The summed E-state index contributed by atoms with van der Waals surface area (Å²) in [6.07, 6.45) is 5.92. The van der Waals surface area contributed by atoms with E-state index in [1.165, 1.54) is 27.8 Å². The van der Waals surface area contributed by atoms with E-state index in [-0.39, 0.29) is 0 Å². The largest absolute Gasteiger partial charge is 0.496 e. The van der Waals surface area contributed by atoms with E-state index < -0.39 is 18.0 Å². The van der Waals surface area contributed by atoms with Gasteiger partial charge in [-0.15, -0.1) is 11.3 Å². The molecule has 39 heavy (non-hydrogen) atoms. The summed E-state index contributed by atoms with van der Waals surface area (Å²) in [4.78, 5) is 22.2. The van der Waals surface area contributed by atoms with E-state index in [4.69, 9.17) is 33.7 Å². The smallest absolute Gasteiger partial charge is 0.414 e. The Kier molecular flexibility index (Phi) is 8.06. The van der Waals surface area contributed by atoms with E-state index in [0.717, 1.165) is 35.3 Å². The Bertz CT molecular complexity index is 1440. The van der Waals surface area contributed by atoms with E-state index >= 15 is 0 Å². The molecule has 0 saturated carbocycles. The second-order valence-corrected chi connectivity index (χ2v) is 11.1. The molecule has 0 aliphatic carbocycles. The van der Waals surface area contributed by atoms with Crippen LogP contribution in [0.1, 0.15) is 36.5 Å². The third kappa shape index (κ3) is 5.88. The Hall–Kier alpha value is -3.60. The monoisotopic (exact) mass is 553 g/mol. The number of piperidine rings is 1. The molecule has 206 valence electrons. The molecule has 0 spiro atoms. The highest BCUT2D eigenvalue weighted by molar-refractivity contribution is 7.19. The zero-order valence-corrected chi connectivity index (χ0v) is 22.3. The number of aliphatic carboxylic acids is 2.